The summed E-state index contributed by atoms with van der Waals surface area (Å²) in [5.74, 6) is 0. The predicted molar refractivity (Wildman–Crippen MR) is 90.6 cm³/mol. The third-order valence-corrected chi connectivity index (χ3v) is 4.79. The van der Waals surface area contributed by atoms with E-state index in [2.05, 4.69) is 5.16 Å². The predicted octanol–water partition coefficient (Wildman–Crippen LogP) is 4.15. The molecule has 0 saturated carbocycles. The second kappa shape index (κ2) is 8.27. The van der Waals surface area contributed by atoms with E-state index >= 15 is 0 Å². The van der Waals surface area contributed by atoms with E-state index in [0.29, 0.717) is 17.2 Å². The van der Waals surface area contributed by atoms with E-state index in [9.17, 15) is 14.4 Å². The lowest BCUT2D eigenvalue weighted by Gasteiger charge is -2.16. The Hall–Kier alpha value is -1.65. The first-order chi connectivity index (χ1) is 11.0. The molecule has 0 bridgehead atoms. The molecule has 0 amide bonds. The quantitative estimate of drug-likeness (QED) is 0.445. The molecule has 23 heavy (non-hydrogen) atoms. The molecule has 0 aliphatic heterocycles. The molecule has 0 aliphatic carbocycles. The van der Waals surface area contributed by atoms with Gasteiger partial charge in [0.1, 0.15) is 6.61 Å². The number of rotatable bonds is 7. The first-order valence-corrected chi connectivity index (χ1v) is 9.01. The molecule has 0 spiro atoms. The zero-order valence-corrected chi connectivity index (χ0v) is 13.9. The molecule has 2 aromatic rings. The molecule has 2 rings (SSSR count). The van der Waals surface area contributed by atoms with Crippen LogP contribution in [0.3, 0.4) is 0 Å². The number of halogens is 1. The van der Waals surface area contributed by atoms with Crippen molar-refractivity contribution in [2.24, 2.45) is 5.16 Å². The minimum Gasteiger partial charge on any atom is -0.391 e. The minimum absolute atomic E-state index is 0.0701. The summed E-state index contributed by atoms with van der Waals surface area (Å²) in [5.41, 5.74) is 0.509. The summed E-state index contributed by atoms with van der Waals surface area (Å²) in [5, 5.41) is 4.28. The van der Waals surface area contributed by atoms with E-state index in [4.69, 9.17) is 16.4 Å². The third-order valence-electron chi connectivity index (χ3n) is 3.21. The molecular weight excluding hydrogens is 337 g/mol. The maximum atomic E-state index is 11.7. The molecule has 0 aromatic heterocycles. The molecule has 2 aromatic carbocycles. The topological polar surface area (TPSA) is 79.1 Å². The largest absolute Gasteiger partial charge is 0.391 e. The van der Waals surface area contributed by atoms with Gasteiger partial charge in [0.2, 0.25) is 0 Å². The van der Waals surface area contributed by atoms with Gasteiger partial charge in [-0.25, -0.2) is 0 Å². The first-order valence-electron chi connectivity index (χ1n) is 6.95. The number of hydrogen-bond donors (Lipinski definition) is 2. The fraction of sp³-hybridized carbons (Fsp3) is 0.188. The summed E-state index contributed by atoms with van der Waals surface area (Å²) >= 11 is 5.79. The smallest absolute Gasteiger partial charge is 0.333 e. The Morgan fingerprint density at radius 3 is 2.39 bits per heavy atom. The first kappa shape index (κ1) is 17.7. The SMILES string of the molecule is O=P(O)(O)C(C/C=N/OCc1ccccc1)c1ccc(Cl)cc1. The standard InChI is InChI=1S/C16H17ClNO4P/c17-15-8-6-14(7-9-15)16(23(19,20)21)10-11-18-22-12-13-4-2-1-3-5-13/h1-9,11,16H,10,12H2,(H2,19,20,21)/b18-11+. The highest BCUT2D eigenvalue weighted by atomic mass is 35.5. The maximum Gasteiger partial charge on any atom is 0.333 e. The van der Waals surface area contributed by atoms with E-state index in [1.807, 2.05) is 30.3 Å². The van der Waals surface area contributed by atoms with Gasteiger partial charge < -0.3 is 14.6 Å². The minimum atomic E-state index is -4.31. The van der Waals surface area contributed by atoms with Gasteiger partial charge >= 0.3 is 7.60 Å². The lowest BCUT2D eigenvalue weighted by Crippen LogP contribution is -2.01. The Morgan fingerprint density at radius 1 is 1.13 bits per heavy atom. The van der Waals surface area contributed by atoms with Crippen LogP contribution in [0.5, 0.6) is 0 Å². The second-order valence-electron chi connectivity index (χ2n) is 4.94. The van der Waals surface area contributed by atoms with Crippen LogP contribution in [-0.2, 0) is 16.0 Å². The van der Waals surface area contributed by atoms with Crippen molar-refractivity contribution in [3.63, 3.8) is 0 Å². The highest BCUT2D eigenvalue weighted by Crippen LogP contribution is 2.53. The van der Waals surface area contributed by atoms with E-state index in [1.165, 1.54) is 6.21 Å². The molecule has 0 heterocycles. The van der Waals surface area contributed by atoms with E-state index < -0.39 is 13.3 Å². The van der Waals surface area contributed by atoms with Crippen molar-refractivity contribution in [1.29, 1.82) is 0 Å². The molecule has 5 nitrogen and oxygen atoms in total. The van der Waals surface area contributed by atoms with Crippen molar-refractivity contribution in [3.05, 3.63) is 70.7 Å². The Bertz CT molecular complexity index is 685. The zero-order valence-electron chi connectivity index (χ0n) is 12.2. The van der Waals surface area contributed by atoms with Crippen LogP contribution in [0.2, 0.25) is 5.02 Å². The average Bonchev–Trinajstić information content (AvgIpc) is 2.52. The Balaban J connectivity index is 1.95. The van der Waals surface area contributed by atoms with Crippen molar-refractivity contribution in [2.75, 3.05) is 0 Å². The van der Waals surface area contributed by atoms with Gasteiger partial charge in [-0.15, -0.1) is 0 Å². The van der Waals surface area contributed by atoms with Gasteiger partial charge in [0.05, 0.1) is 5.66 Å². The lowest BCUT2D eigenvalue weighted by molar-refractivity contribution is 0.131. The van der Waals surface area contributed by atoms with Gasteiger partial charge in [-0.05, 0) is 23.3 Å². The molecule has 0 radical (unpaired) electrons. The van der Waals surface area contributed by atoms with Gasteiger partial charge in [0.15, 0.2) is 0 Å². The second-order valence-corrected chi connectivity index (χ2v) is 7.18. The van der Waals surface area contributed by atoms with Gasteiger partial charge in [0, 0.05) is 17.7 Å². The molecule has 0 saturated heterocycles. The highest BCUT2D eigenvalue weighted by molar-refractivity contribution is 7.52. The number of hydrogen-bond acceptors (Lipinski definition) is 3. The molecule has 1 atom stereocenters. The Morgan fingerprint density at radius 2 is 1.78 bits per heavy atom. The van der Waals surface area contributed by atoms with Gasteiger partial charge in [-0.2, -0.15) is 0 Å². The molecule has 1 unspecified atom stereocenters. The monoisotopic (exact) mass is 353 g/mol. The Kier molecular flexibility index (Phi) is 6.37. The number of benzene rings is 2. The average molecular weight is 354 g/mol. The van der Waals surface area contributed by atoms with Crippen molar-refractivity contribution in [3.8, 4) is 0 Å². The van der Waals surface area contributed by atoms with E-state index in [1.54, 1.807) is 24.3 Å². The molecule has 0 fully saturated rings. The van der Waals surface area contributed by atoms with Gasteiger partial charge in [-0.3, -0.25) is 4.57 Å². The van der Waals surface area contributed by atoms with Crippen molar-refractivity contribution in [1.82, 2.24) is 0 Å². The van der Waals surface area contributed by atoms with E-state index in [-0.39, 0.29) is 6.42 Å². The highest BCUT2D eigenvalue weighted by Gasteiger charge is 2.29. The fourth-order valence-corrected chi connectivity index (χ4v) is 3.09. The normalized spacial score (nSPS) is 13.2. The van der Waals surface area contributed by atoms with Crippen molar-refractivity contribution in [2.45, 2.75) is 18.7 Å². The third kappa shape index (κ3) is 5.81. The number of nitrogens with zero attached hydrogens (tertiary/aromatic N) is 1. The summed E-state index contributed by atoms with van der Waals surface area (Å²) in [4.78, 5) is 24.2. The van der Waals surface area contributed by atoms with E-state index in [0.717, 1.165) is 5.56 Å². The van der Waals surface area contributed by atoms with Crippen LogP contribution in [0.25, 0.3) is 0 Å². The van der Waals surface area contributed by atoms with Crippen LogP contribution in [0, 0.1) is 0 Å². The van der Waals surface area contributed by atoms with Crippen molar-refractivity contribution >= 4 is 25.4 Å². The summed E-state index contributed by atoms with van der Waals surface area (Å²) in [7, 11) is -4.31. The molecule has 7 heteroatoms. The lowest BCUT2D eigenvalue weighted by atomic mass is 10.1. The van der Waals surface area contributed by atoms with Crippen molar-refractivity contribution < 1.29 is 19.2 Å². The van der Waals surface area contributed by atoms with Crippen LogP contribution in [0.4, 0.5) is 0 Å². The van der Waals surface area contributed by atoms with Crippen LogP contribution >= 0.6 is 19.2 Å². The molecule has 2 N–H and O–H groups in total. The molecule has 122 valence electrons. The summed E-state index contributed by atoms with van der Waals surface area (Å²) < 4.78 is 11.7. The van der Waals surface area contributed by atoms with Gasteiger partial charge in [-0.1, -0.05) is 59.2 Å². The Labute approximate surface area is 139 Å². The zero-order chi connectivity index (χ0) is 16.7. The van der Waals surface area contributed by atoms with Crippen LogP contribution in [0.15, 0.2) is 59.8 Å². The molecular formula is C16H17ClNO4P. The fourth-order valence-electron chi connectivity index (χ4n) is 2.03. The maximum absolute atomic E-state index is 11.7. The van der Waals surface area contributed by atoms with Gasteiger partial charge in [0.25, 0.3) is 0 Å². The van der Waals surface area contributed by atoms with Crippen LogP contribution < -0.4 is 0 Å². The van der Waals surface area contributed by atoms with Crippen LogP contribution in [-0.4, -0.2) is 16.0 Å². The molecule has 0 aliphatic rings. The van der Waals surface area contributed by atoms with Crippen LogP contribution in [0.1, 0.15) is 23.2 Å². The number of oxime groups is 1. The summed E-state index contributed by atoms with van der Waals surface area (Å²) in [6.45, 7) is 0.304. The summed E-state index contributed by atoms with van der Waals surface area (Å²) in [6.07, 6.45) is 1.45. The summed E-state index contributed by atoms with van der Waals surface area (Å²) in [6, 6.07) is 15.9.